The molecular weight excluding hydrogens is 377 g/mol. The van der Waals surface area contributed by atoms with Crippen molar-refractivity contribution in [3.8, 4) is 0 Å². The maximum atomic E-state index is 4.17. The summed E-state index contributed by atoms with van der Waals surface area (Å²) in [6.45, 7) is 3.39. The van der Waals surface area contributed by atoms with E-state index in [4.69, 9.17) is 0 Å². The molecule has 144 valence electrons. The normalized spacial score (nSPS) is 19.9. The minimum atomic E-state index is 0. The molecule has 2 heterocycles. The number of rotatable bonds is 4. The van der Waals surface area contributed by atoms with Crippen molar-refractivity contribution < 1.29 is 0 Å². The first-order valence-electron chi connectivity index (χ1n) is 9.31. The number of hydrogen-bond donors (Lipinski definition) is 0. The van der Waals surface area contributed by atoms with Gasteiger partial charge in [0.15, 0.2) is 0 Å². The Kier molecular flexibility index (Phi) is 8.49. The third-order valence-corrected chi connectivity index (χ3v) is 5.32. The second-order valence-corrected chi connectivity index (χ2v) is 7.08. The topological polar surface area (TPSA) is 29.0 Å². The molecule has 0 bridgehead atoms. The van der Waals surface area contributed by atoms with Gasteiger partial charge in [0, 0.05) is 37.6 Å². The van der Waals surface area contributed by atoms with E-state index in [1.165, 1.54) is 35.1 Å². The van der Waals surface area contributed by atoms with Crippen LogP contribution in [0.3, 0.4) is 0 Å². The molecule has 27 heavy (non-hydrogen) atoms. The van der Waals surface area contributed by atoms with E-state index in [0.717, 1.165) is 32.5 Å². The maximum absolute atomic E-state index is 4.17. The number of aromatic nitrogens is 2. The van der Waals surface area contributed by atoms with Gasteiger partial charge in [-0.3, -0.25) is 4.90 Å². The predicted octanol–water partition coefficient (Wildman–Crippen LogP) is 5.29. The molecule has 0 radical (unpaired) electrons. The van der Waals surface area contributed by atoms with Crippen LogP contribution < -0.4 is 0 Å². The Morgan fingerprint density at radius 3 is 2.41 bits per heavy atom. The number of allylic oxidation sites excluding steroid dienone is 1. The van der Waals surface area contributed by atoms with E-state index < -0.39 is 0 Å². The quantitative estimate of drug-likeness (QED) is 0.693. The molecule has 1 atom stereocenters. The van der Waals surface area contributed by atoms with Crippen LogP contribution in [-0.2, 0) is 0 Å². The second-order valence-electron chi connectivity index (χ2n) is 7.08. The molecular formula is C22H27Cl2N3. The minimum Gasteiger partial charge on any atom is -0.299 e. The predicted molar refractivity (Wildman–Crippen MR) is 117 cm³/mol. The Labute approximate surface area is 174 Å². The molecule has 1 aliphatic heterocycles. The summed E-state index contributed by atoms with van der Waals surface area (Å²) in [6, 6.07) is 10.8. The lowest BCUT2D eigenvalue weighted by atomic mass is 9.87. The molecule has 0 saturated carbocycles. The van der Waals surface area contributed by atoms with E-state index in [9.17, 15) is 0 Å². The highest BCUT2D eigenvalue weighted by atomic mass is 35.5. The summed E-state index contributed by atoms with van der Waals surface area (Å²) in [5, 5.41) is 0. The Bertz CT molecular complexity index is 760. The monoisotopic (exact) mass is 403 g/mol. The van der Waals surface area contributed by atoms with Gasteiger partial charge in [-0.2, -0.15) is 0 Å². The van der Waals surface area contributed by atoms with E-state index in [0.29, 0.717) is 5.92 Å². The van der Waals surface area contributed by atoms with Crippen LogP contribution in [0, 0.1) is 5.92 Å². The van der Waals surface area contributed by atoms with Crippen LogP contribution in [-0.4, -0.2) is 34.5 Å². The molecule has 5 heteroatoms. The Hall–Kier alpha value is -1.68. The summed E-state index contributed by atoms with van der Waals surface area (Å²) >= 11 is 0. The van der Waals surface area contributed by atoms with Crippen molar-refractivity contribution in [2.24, 2.45) is 5.92 Å². The van der Waals surface area contributed by atoms with Gasteiger partial charge in [-0.25, -0.2) is 9.97 Å². The fraction of sp³-hybridized carbons (Fsp3) is 0.364. The highest BCUT2D eigenvalue weighted by Gasteiger charge is 2.20. The molecule has 1 aliphatic carbocycles. The van der Waals surface area contributed by atoms with Gasteiger partial charge in [0.25, 0.3) is 0 Å². The van der Waals surface area contributed by atoms with E-state index in [-0.39, 0.29) is 24.8 Å². The molecule has 0 saturated heterocycles. The molecule has 1 aromatic heterocycles. The van der Waals surface area contributed by atoms with Crippen molar-refractivity contribution in [2.45, 2.75) is 25.7 Å². The zero-order chi connectivity index (χ0) is 16.9. The third-order valence-electron chi connectivity index (χ3n) is 5.32. The molecule has 1 unspecified atom stereocenters. The average molecular weight is 404 g/mol. The first-order chi connectivity index (χ1) is 12.4. The van der Waals surface area contributed by atoms with Gasteiger partial charge in [-0.15, -0.1) is 24.8 Å². The standard InChI is InChI=1S/C22H25N3.2ClH/c1-2-6-19(7-3-1)20-9-11-25(12-10-20)16-18-5-4-8-21(13-18)22-14-23-17-24-15-22;;/h1-3,6-7,9,13-15,17-18H,4-5,8,10-12,16H2;2*1H. The van der Waals surface area contributed by atoms with Gasteiger partial charge in [0.05, 0.1) is 0 Å². The van der Waals surface area contributed by atoms with Gasteiger partial charge in [-0.1, -0.05) is 42.5 Å². The Balaban J connectivity index is 0.00000131. The van der Waals surface area contributed by atoms with Crippen molar-refractivity contribution in [1.82, 2.24) is 14.9 Å². The second kappa shape index (κ2) is 10.6. The fourth-order valence-electron chi connectivity index (χ4n) is 3.98. The zero-order valence-corrected chi connectivity index (χ0v) is 17.1. The van der Waals surface area contributed by atoms with Crippen LogP contribution in [0.2, 0.25) is 0 Å². The van der Waals surface area contributed by atoms with Gasteiger partial charge >= 0.3 is 0 Å². The molecule has 3 nitrogen and oxygen atoms in total. The summed E-state index contributed by atoms with van der Waals surface area (Å²) in [4.78, 5) is 10.9. The fourth-order valence-corrected chi connectivity index (χ4v) is 3.98. The van der Waals surface area contributed by atoms with E-state index in [2.05, 4.69) is 57.4 Å². The lowest BCUT2D eigenvalue weighted by molar-refractivity contribution is 0.262. The van der Waals surface area contributed by atoms with Gasteiger partial charge in [0.1, 0.15) is 6.33 Å². The minimum absolute atomic E-state index is 0. The molecule has 0 spiro atoms. The van der Waals surface area contributed by atoms with Crippen molar-refractivity contribution >= 4 is 36.0 Å². The molecule has 4 rings (SSSR count). The van der Waals surface area contributed by atoms with E-state index in [1.54, 1.807) is 6.33 Å². The van der Waals surface area contributed by atoms with Crippen LogP contribution in [0.15, 0.2) is 61.2 Å². The summed E-state index contributed by atoms with van der Waals surface area (Å²) < 4.78 is 0. The summed E-state index contributed by atoms with van der Waals surface area (Å²) in [6.07, 6.45) is 15.2. The van der Waals surface area contributed by atoms with Crippen LogP contribution >= 0.6 is 24.8 Å². The largest absolute Gasteiger partial charge is 0.299 e. The Morgan fingerprint density at radius 2 is 1.70 bits per heavy atom. The van der Waals surface area contributed by atoms with Crippen LogP contribution in [0.25, 0.3) is 11.1 Å². The number of nitrogens with zero attached hydrogens (tertiary/aromatic N) is 3. The van der Waals surface area contributed by atoms with Crippen molar-refractivity contribution in [3.63, 3.8) is 0 Å². The van der Waals surface area contributed by atoms with Crippen LogP contribution in [0.5, 0.6) is 0 Å². The van der Waals surface area contributed by atoms with Gasteiger partial charge in [-0.05, 0) is 48.3 Å². The van der Waals surface area contributed by atoms with E-state index >= 15 is 0 Å². The van der Waals surface area contributed by atoms with Crippen LogP contribution in [0.4, 0.5) is 0 Å². The molecule has 0 N–H and O–H groups in total. The van der Waals surface area contributed by atoms with Gasteiger partial charge < -0.3 is 0 Å². The highest BCUT2D eigenvalue weighted by Crippen LogP contribution is 2.30. The SMILES string of the molecule is C1=C(c2cncnc2)CCCC1CN1CC=C(c2ccccc2)CC1.Cl.Cl. The summed E-state index contributed by atoms with van der Waals surface area (Å²) in [5.74, 6) is 0.649. The van der Waals surface area contributed by atoms with E-state index in [1.807, 2.05) is 12.4 Å². The molecule has 0 fully saturated rings. The van der Waals surface area contributed by atoms with Gasteiger partial charge in [0.2, 0.25) is 0 Å². The highest BCUT2D eigenvalue weighted by molar-refractivity contribution is 5.85. The van der Waals surface area contributed by atoms with Crippen molar-refractivity contribution in [1.29, 1.82) is 0 Å². The summed E-state index contributed by atoms with van der Waals surface area (Å²) in [7, 11) is 0. The lowest BCUT2D eigenvalue weighted by Gasteiger charge is -2.31. The van der Waals surface area contributed by atoms with Crippen molar-refractivity contribution in [2.75, 3.05) is 19.6 Å². The van der Waals surface area contributed by atoms with Crippen molar-refractivity contribution in [3.05, 3.63) is 72.3 Å². The number of halogens is 2. The third kappa shape index (κ3) is 5.65. The smallest absolute Gasteiger partial charge is 0.115 e. The number of benzene rings is 1. The molecule has 1 aromatic carbocycles. The average Bonchev–Trinajstić information content (AvgIpc) is 2.70. The summed E-state index contributed by atoms with van der Waals surface area (Å²) in [5.41, 5.74) is 5.50. The lowest BCUT2D eigenvalue weighted by Crippen LogP contribution is -2.33. The first-order valence-corrected chi connectivity index (χ1v) is 9.31. The number of hydrogen-bond acceptors (Lipinski definition) is 3. The Morgan fingerprint density at radius 1 is 0.926 bits per heavy atom. The zero-order valence-electron chi connectivity index (χ0n) is 15.5. The van der Waals surface area contributed by atoms with Crippen LogP contribution in [0.1, 0.15) is 36.8 Å². The molecule has 2 aliphatic rings. The first kappa shape index (κ1) is 21.6. The maximum Gasteiger partial charge on any atom is 0.115 e. The molecule has 0 amide bonds. The molecule has 2 aromatic rings.